The number of aliphatic hydroxyl groups is 1. The van der Waals surface area contributed by atoms with Crippen LogP contribution >= 0.6 is 0 Å². The molecule has 0 unspecified atom stereocenters. The predicted molar refractivity (Wildman–Crippen MR) is 81.1 cm³/mol. The lowest BCUT2D eigenvalue weighted by Crippen LogP contribution is -2.53. The first kappa shape index (κ1) is 16.9. The fourth-order valence-corrected chi connectivity index (χ4v) is 2.75. The number of halogens is 1. The van der Waals surface area contributed by atoms with Crippen molar-refractivity contribution in [3.05, 3.63) is 35.6 Å². The average Bonchev–Trinajstić information content (AvgIpc) is 2.47. The van der Waals surface area contributed by atoms with Crippen LogP contribution in [0.2, 0.25) is 0 Å². The molecular weight excluding hydrogens is 287 g/mol. The van der Waals surface area contributed by atoms with Gasteiger partial charge < -0.3 is 15.5 Å². The average molecular weight is 310 g/mol. The van der Waals surface area contributed by atoms with Gasteiger partial charge in [-0.3, -0.25) is 9.69 Å². The molecule has 0 aliphatic carbocycles. The SMILES string of the molecule is CC1(NC[C@H](O)c2cccc(F)c2)CCN(CC(=O)O)CC1. The Bertz CT molecular complexity index is 516. The molecule has 0 saturated carbocycles. The Labute approximate surface area is 129 Å². The number of carboxylic acids is 1. The van der Waals surface area contributed by atoms with Crippen molar-refractivity contribution in [1.82, 2.24) is 10.2 Å². The first-order chi connectivity index (χ1) is 10.4. The van der Waals surface area contributed by atoms with Gasteiger partial charge in [0.05, 0.1) is 12.6 Å². The van der Waals surface area contributed by atoms with E-state index in [1.165, 1.54) is 12.1 Å². The third kappa shape index (κ3) is 4.76. The summed E-state index contributed by atoms with van der Waals surface area (Å²) in [6.07, 6.45) is 0.872. The largest absolute Gasteiger partial charge is 0.480 e. The molecule has 1 saturated heterocycles. The van der Waals surface area contributed by atoms with Gasteiger partial charge in [0.15, 0.2) is 0 Å². The van der Waals surface area contributed by atoms with Crippen molar-refractivity contribution in [3.63, 3.8) is 0 Å². The van der Waals surface area contributed by atoms with Crippen molar-refractivity contribution in [2.24, 2.45) is 0 Å². The summed E-state index contributed by atoms with van der Waals surface area (Å²) in [6, 6.07) is 5.97. The van der Waals surface area contributed by atoms with E-state index in [0.717, 1.165) is 12.8 Å². The van der Waals surface area contributed by atoms with E-state index < -0.39 is 12.1 Å². The van der Waals surface area contributed by atoms with Crippen molar-refractivity contribution >= 4 is 5.97 Å². The molecule has 22 heavy (non-hydrogen) atoms. The maximum absolute atomic E-state index is 13.2. The van der Waals surface area contributed by atoms with E-state index in [2.05, 4.69) is 12.2 Å². The van der Waals surface area contributed by atoms with E-state index in [9.17, 15) is 14.3 Å². The van der Waals surface area contributed by atoms with Gasteiger partial charge >= 0.3 is 5.97 Å². The second-order valence-corrected chi connectivity index (χ2v) is 6.18. The molecule has 2 rings (SSSR count). The standard InChI is InChI=1S/C16H23FN2O3/c1-16(5-7-19(8-6-16)11-15(21)22)18-10-14(20)12-3-2-4-13(17)9-12/h2-4,9,14,18,20H,5-8,10-11H2,1H3,(H,21,22)/t14-/m0/s1. The normalized spacial score (nSPS) is 19.8. The summed E-state index contributed by atoms with van der Waals surface area (Å²) in [5.74, 6) is -1.16. The van der Waals surface area contributed by atoms with Gasteiger partial charge in [-0.05, 0) is 37.5 Å². The van der Waals surface area contributed by atoms with E-state index in [4.69, 9.17) is 5.11 Å². The van der Waals surface area contributed by atoms with Crippen molar-refractivity contribution < 1.29 is 19.4 Å². The molecule has 3 N–H and O–H groups in total. The zero-order chi connectivity index (χ0) is 16.2. The molecule has 1 heterocycles. The first-order valence-corrected chi connectivity index (χ1v) is 7.51. The number of benzene rings is 1. The fourth-order valence-electron chi connectivity index (χ4n) is 2.75. The molecule has 1 atom stereocenters. The molecular formula is C16H23FN2O3. The number of carboxylic acid groups (broad SMARTS) is 1. The highest BCUT2D eigenvalue weighted by molar-refractivity contribution is 5.69. The van der Waals surface area contributed by atoms with Gasteiger partial charge in [-0.25, -0.2) is 4.39 Å². The topological polar surface area (TPSA) is 72.8 Å². The summed E-state index contributed by atoms with van der Waals surface area (Å²) in [5.41, 5.74) is 0.419. The molecule has 0 aromatic heterocycles. The lowest BCUT2D eigenvalue weighted by Gasteiger charge is -2.40. The Morgan fingerprint density at radius 3 is 2.73 bits per heavy atom. The summed E-state index contributed by atoms with van der Waals surface area (Å²) < 4.78 is 13.2. The summed E-state index contributed by atoms with van der Waals surface area (Å²) in [6.45, 7) is 3.92. The Kier molecular flexibility index (Phi) is 5.50. The van der Waals surface area contributed by atoms with Crippen LogP contribution in [0.25, 0.3) is 0 Å². The van der Waals surface area contributed by atoms with Crippen molar-refractivity contribution in [1.29, 1.82) is 0 Å². The number of rotatable bonds is 6. The number of nitrogens with zero attached hydrogens (tertiary/aromatic N) is 1. The molecule has 0 radical (unpaired) electrons. The quantitative estimate of drug-likeness (QED) is 0.740. The molecule has 6 heteroatoms. The van der Waals surface area contributed by atoms with E-state index in [1.54, 1.807) is 12.1 Å². The molecule has 5 nitrogen and oxygen atoms in total. The van der Waals surface area contributed by atoms with Crippen molar-refractivity contribution in [2.45, 2.75) is 31.4 Å². The van der Waals surface area contributed by atoms with Gasteiger partial charge in [0.1, 0.15) is 5.82 Å². The van der Waals surface area contributed by atoms with Crippen molar-refractivity contribution in [3.8, 4) is 0 Å². The van der Waals surface area contributed by atoms with E-state index in [0.29, 0.717) is 25.2 Å². The van der Waals surface area contributed by atoms with Gasteiger partial charge in [0.25, 0.3) is 0 Å². The third-order valence-electron chi connectivity index (χ3n) is 4.27. The van der Waals surface area contributed by atoms with Crippen LogP contribution in [-0.2, 0) is 4.79 Å². The molecule has 1 aromatic carbocycles. The maximum Gasteiger partial charge on any atom is 0.317 e. The van der Waals surface area contributed by atoms with Crippen LogP contribution in [0.1, 0.15) is 31.4 Å². The fraction of sp³-hybridized carbons (Fsp3) is 0.562. The Balaban J connectivity index is 1.82. The second kappa shape index (κ2) is 7.17. The predicted octanol–water partition coefficient (Wildman–Crippen LogP) is 1.39. The van der Waals surface area contributed by atoms with Gasteiger partial charge in [-0.1, -0.05) is 12.1 Å². The summed E-state index contributed by atoms with van der Waals surface area (Å²) in [5, 5.41) is 22.3. The number of aliphatic hydroxyl groups excluding tert-OH is 1. The molecule has 0 bridgehead atoms. The van der Waals surface area contributed by atoms with Crippen LogP contribution in [0.15, 0.2) is 24.3 Å². The number of hydrogen-bond donors (Lipinski definition) is 3. The van der Waals surface area contributed by atoms with E-state index >= 15 is 0 Å². The highest BCUT2D eigenvalue weighted by Gasteiger charge is 2.30. The van der Waals surface area contributed by atoms with E-state index in [-0.39, 0.29) is 17.9 Å². The van der Waals surface area contributed by atoms with Crippen LogP contribution < -0.4 is 5.32 Å². The number of aliphatic carboxylic acids is 1. The first-order valence-electron chi connectivity index (χ1n) is 7.51. The smallest absolute Gasteiger partial charge is 0.317 e. The lowest BCUT2D eigenvalue weighted by atomic mass is 9.89. The lowest BCUT2D eigenvalue weighted by molar-refractivity contribution is -0.138. The minimum absolute atomic E-state index is 0.0714. The van der Waals surface area contributed by atoms with Crippen LogP contribution in [0.5, 0.6) is 0 Å². The molecule has 0 spiro atoms. The van der Waals surface area contributed by atoms with Crippen LogP contribution in [0.4, 0.5) is 4.39 Å². The van der Waals surface area contributed by atoms with Crippen LogP contribution in [0, 0.1) is 5.82 Å². The summed E-state index contributed by atoms with van der Waals surface area (Å²) >= 11 is 0. The molecule has 122 valence electrons. The van der Waals surface area contributed by atoms with E-state index in [1.807, 2.05) is 4.90 Å². The Morgan fingerprint density at radius 1 is 1.45 bits per heavy atom. The Hall–Kier alpha value is -1.50. The zero-order valence-electron chi connectivity index (χ0n) is 12.8. The van der Waals surface area contributed by atoms with Crippen LogP contribution in [0.3, 0.4) is 0 Å². The third-order valence-corrected chi connectivity index (χ3v) is 4.27. The summed E-state index contributed by atoms with van der Waals surface area (Å²) in [4.78, 5) is 12.6. The second-order valence-electron chi connectivity index (χ2n) is 6.18. The summed E-state index contributed by atoms with van der Waals surface area (Å²) in [7, 11) is 0. The minimum Gasteiger partial charge on any atom is -0.480 e. The Morgan fingerprint density at radius 2 is 2.14 bits per heavy atom. The zero-order valence-corrected chi connectivity index (χ0v) is 12.8. The van der Waals surface area contributed by atoms with Crippen molar-refractivity contribution in [2.75, 3.05) is 26.2 Å². The molecule has 1 aliphatic rings. The minimum atomic E-state index is -0.807. The number of likely N-dealkylation sites (tertiary alicyclic amines) is 1. The monoisotopic (exact) mass is 310 g/mol. The highest BCUT2D eigenvalue weighted by Crippen LogP contribution is 2.23. The molecule has 0 amide bonds. The maximum atomic E-state index is 13.2. The van der Waals surface area contributed by atoms with Gasteiger partial charge in [-0.15, -0.1) is 0 Å². The van der Waals surface area contributed by atoms with Gasteiger partial charge in [-0.2, -0.15) is 0 Å². The molecule has 1 aromatic rings. The number of carbonyl (C=O) groups is 1. The van der Waals surface area contributed by atoms with Gasteiger partial charge in [0.2, 0.25) is 0 Å². The number of hydrogen-bond acceptors (Lipinski definition) is 4. The number of nitrogens with one attached hydrogen (secondary N) is 1. The molecule has 1 fully saturated rings. The number of β-amino-alcohol motifs (C(OH)–C–C–N with tert-alkyl or cyclic N) is 1. The molecule has 1 aliphatic heterocycles. The van der Waals surface area contributed by atoms with Crippen LogP contribution in [-0.4, -0.2) is 52.8 Å². The highest BCUT2D eigenvalue weighted by atomic mass is 19.1. The number of piperidine rings is 1. The van der Waals surface area contributed by atoms with Gasteiger partial charge in [0, 0.05) is 25.2 Å².